The highest BCUT2D eigenvalue weighted by atomic mass is 35.5. The van der Waals surface area contributed by atoms with Crippen molar-refractivity contribution in [2.24, 2.45) is 5.73 Å². The Labute approximate surface area is 80.1 Å². The van der Waals surface area contributed by atoms with Crippen LogP contribution in [-0.2, 0) is 9.53 Å². The second kappa shape index (κ2) is 8.81. The zero-order valence-corrected chi connectivity index (χ0v) is 8.52. The van der Waals surface area contributed by atoms with Gasteiger partial charge in [-0.15, -0.1) is 12.4 Å². The average molecular weight is 196 g/mol. The van der Waals surface area contributed by atoms with E-state index in [1.165, 1.54) is 12.8 Å². The van der Waals surface area contributed by atoms with Crippen molar-refractivity contribution < 1.29 is 9.53 Å². The molecule has 1 saturated carbocycles. The minimum atomic E-state index is -0.123. The molecule has 1 fully saturated rings. The molecule has 1 aliphatic carbocycles. The van der Waals surface area contributed by atoms with Crippen LogP contribution in [0.2, 0.25) is 0 Å². The Morgan fingerprint density at radius 3 is 2.00 bits per heavy atom. The van der Waals surface area contributed by atoms with Gasteiger partial charge in [-0.3, -0.25) is 4.79 Å². The summed E-state index contributed by atoms with van der Waals surface area (Å²) in [6.07, 6.45) is 3.01. The molecule has 0 unspecified atom stereocenters. The maximum absolute atomic E-state index is 10.2. The molecule has 0 amide bonds. The first-order valence-corrected chi connectivity index (χ1v) is 4.11. The van der Waals surface area contributed by atoms with Gasteiger partial charge in [0.15, 0.2) is 0 Å². The summed E-state index contributed by atoms with van der Waals surface area (Å²) in [7, 11) is 0. The molecule has 0 aromatic heterocycles. The lowest BCUT2D eigenvalue weighted by atomic mass is 10.5. The van der Waals surface area contributed by atoms with Crippen LogP contribution in [0, 0.1) is 0 Å². The second-order valence-corrected chi connectivity index (χ2v) is 2.50. The van der Waals surface area contributed by atoms with E-state index in [0.29, 0.717) is 19.1 Å². The van der Waals surface area contributed by atoms with Gasteiger partial charge >= 0.3 is 5.97 Å². The van der Waals surface area contributed by atoms with Crippen LogP contribution in [0.25, 0.3) is 0 Å². The predicted molar refractivity (Wildman–Crippen MR) is 51.4 cm³/mol. The van der Waals surface area contributed by atoms with Crippen LogP contribution < -0.4 is 5.73 Å². The van der Waals surface area contributed by atoms with Crippen molar-refractivity contribution in [1.82, 2.24) is 0 Å². The van der Waals surface area contributed by atoms with Gasteiger partial charge in [-0.05, 0) is 19.8 Å². The summed E-state index contributed by atoms with van der Waals surface area (Å²) in [5.74, 6) is -0.123. The van der Waals surface area contributed by atoms with Gasteiger partial charge in [0.25, 0.3) is 0 Å². The molecule has 0 aromatic rings. The van der Waals surface area contributed by atoms with Crippen LogP contribution >= 0.6 is 12.4 Å². The van der Waals surface area contributed by atoms with Gasteiger partial charge in [0, 0.05) is 12.5 Å². The van der Waals surface area contributed by atoms with Crippen LogP contribution in [0.1, 0.15) is 33.1 Å². The Morgan fingerprint density at radius 1 is 1.50 bits per heavy atom. The Kier molecular flexibility index (Phi) is 10.5. The zero-order valence-electron chi connectivity index (χ0n) is 7.71. The summed E-state index contributed by atoms with van der Waals surface area (Å²) < 4.78 is 4.55. The number of carbonyl (C=O) groups excluding carboxylic acids is 1. The van der Waals surface area contributed by atoms with Gasteiger partial charge < -0.3 is 10.5 Å². The fourth-order valence-electron chi connectivity index (χ4n) is 0.359. The van der Waals surface area contributed by atoms with Gasteiger partial charge in [-0.2, -0.15) is 0 Å². The van der Waals surface area contributed by atoms with Crippen molar-refractivity contribution >= 4 is 18.4 Å². The number of esters is 1. The zero-order chi connectivity index (χ0) is 8.69. The van der Waals surface area contributed by atoms with E-state index < -0.39 is 0 Å². The van der Waals surface area contributed by atoms with Crippen LogP contribution in [0.5, 0.6) is 0 Å². The minimum Gasteiger partial charge on any atom is -0.466 e. The highest BCUT2D eigenvalue weighted by Crippen LogP contribution is 2.13. The van der Waals surface area contributed by atoms with Crippen LogP contribution in [0.4, 0.5) is 0 Å². The highest BCUT2D eigenvalue weighted by Gasteiger charge is 2.13. The number of hydrogen-bond acceptors (Lipinski definition) is 3. The SMILES string of the molecule is CCOC(=O)CC.Cl.NC1CC1. The topological polar surface area (TPSA) is 52.3 Å². The molecule has 0 atom stereocenters. The summed E-state index contributed by atoms with van der Waals surface area (Å²) in [5.41, 5.74) is 5.22. The van der Waals surface area contributed by atoms with E-state index in [9.17, 15) is 4.79 Å². The Hall–Kier alpha value is -0.280. The van der Waals surface area contributed by atoms with E-state index in [4.69, 9.17) is 5.73 Å². The first kappa shape index (κ1) is 14.3. The molecule has 0 spiro atoms. The second-order valence-electron chi connectivity index (χ2n) is 2.50. The monoisotopic (exact) mass is 195 g/mol. The summed E-state index contributed by atoms with van der Waals surface area (Å²) in [6.45, 7) is 4.07. The van der Waals surface area contributed by atoms with Crippen molar-refractivity contribution in [3.8, 4) is 0 Å². The molecular formula is C8H18ClNO2. The number of hydrogen-bond donors (Lipinski definition) is 1. The molecule has 4 heteroatoms. The fourth-order valence-corrected chi connectivity index (χ4v) is 0.359. The van der Waals surface area contributed by atoms with Crippen molar-refractivity contribution in [2.45, 2.75) is 39.2 Å². The van der Waals surface area contributed by atoms with Crippen molar-refractivity contribution in [1.29, 1.82) is 0 Å². The lowest BCUT2D eigenvalue weighted by molar-refractivity contribution is -0.142. The third-order valence-corrected chi connectivity index (χ3v) is 1.22. The van der Waals surface area contributed by atoms with E-state index in [1.54, 1.807) is 13.8 Å². The van der Waals surface area contributed by atoms with Crippen LogP contribution in [0.15, 0.2) is 0 Å². The molecule has 0 aliphatic heterocycles. The molecule has 0 radical (unpaired) electrons. The Balaban J connectivity index is 0. The molecule has 0 bridgehead atoms. The number of carbonyl (C=O) groups is 1. The first-order chi connectivity index (χ1) is 5.20. The van der Waals surface area contributed by atoms with E-state index >= 15 is 0 Å². The highest BCUT2D eigenvalue weighted by molar-refractivity contribution is 5.85. The Bertz CT molecular complexity index is 116. The lowest BCUT2D eigenvalue weighted by Crippen LogP contribution is -2.00. The van der Waals surface area contributed by atoms with Crippen molar-refractivity contribution in [2.75, 3.05) is 6.61 Å². The van der Waals surface area contributed by atoms with Gasteiger partial charge in [0.1, 0.15) is 0 Å². The predicted octanol–water partition coefficient (Wildman–Crippen LogP) is 1.49. The normalized spacial score (nSPS) is 13.6. The van der Waals surface area contributed by atoms with Crippen molar-refractivity contribution in [3.63, 3.8) is 0 Å². The Morgan fingerprint density at radius 2 is 1.92 bits per heavy atom. The lowest BCUT2D eigenvalue weighted by Gasteiger charge is -1.93. The molecule has 1 aliphatic rings. The molecule has 1 rings (SSSR count). The molecule has 74 valence electrons. The molecule has 2 N–H and O–H groups in total. The first-order valence-electron chi connectivity index (χ1n) is 4.11. The molecule has 0 heterocycles. The van der Waals surface area contributed by atoms with Crippen LogP contribution in [-0.4, -0.2) is 18.6 Å². The largest absolute Gasteiger partial charge is 0.466 e. The fraction of sp³-hybridized carbons (Fsp3) is 0.875. The van der Waals surface area contributed by atoms with E-state index in [1.807, 2.05) is 0 Å². The van der Waals surface area contributed by atoms with Crippen molar-refractivity contribution in [3.05, 3.63) is 0 Å². The van der Waals surface area contributed by atoms with Crippen LogP contribution in [0.3, 0.4) is 0 Å². The molecule has 12 heavy (non-hydrogen) atoms. The maximum atomic E-state index is 10.2. The smallest absolute Gasteiger partial charge is 0.305 e. The minimum absolute atomic E-state index is 0. The van der Waals surface area contributed by atoms with Gasteiger partial charge in [0.05, 0.1) is 6.61 Å². The molecule has 0 aromatic carbocycles. The van der Waals surface area contributed by atoms with E-state index in [-0.39, 0.29) is 18.4 Å². The summed E-state index contributed by atoms with van der Waals surface area (Å²) in [6, 6.07) is 0.583. The average Bonchev–Trinajstić information content (AvgIpc) is 2.74. The molecule has 0 saturated heterocycles. The summed E-state index contributed by atoms with van der Waals surface area (Å²) in [4.78, 5) is 10.2. The number of rotatable bonds is 2. The molecule has 3 nitrogen and oxygen atoms in total. The van der Waals surface area contributed by atoms with E-state index in [2.05, 4.69) is 4.74 Å². The number of ether oxygens (including phenoxy) is 1. The number of nitrogens with two attached hydrogens (primary N) is 1. The maximum Gasteiger partial charge on any atom is 0.305 e. The number of halogens is 1. The standard InChI is InChI=1S/C5H10O2.C3H7N.ClH/c1-3-5(6)7-4-2;4-3-1-2-3;/h3-4H2,1-2H3;3H,1-2,4H2;1H. The van der Waals surface area contributed by atoms with Gasteiger partial charge in [-0.1, -0.05) is 6.92 Å². The van der Waals surface area contributed by atoms with Gasteiger partial charge in [-0.25, -0.2) is 0 Å². The quantitative estimate of drug-likeness (QED) is 0.680. The third-order valence-electron chi connectivity index (χ3n) is 1.22. The summed E-state index contributed by atoms with van der Waals surface area (Å²) >= 11 is 0. The van der Waals surface area contributed by atoms with E-state index in [0.717, 1.165) is 0 Å². The third kappa shape index (κ3) is 12.4. The molecular weight excluding hydrogens is 178 g/mol. The summed E-state index contributed by atoms with van der Waals surface area (Å²) in [5, 5.41) is 0. The van der Waals surface area contributed by atoms with Gasteiger partial charge in [0.2, 0.25) is 0 Å².